The largest absolute Gasteiger partial charge is 0.336 e. The lowest BCUT2D eigenvalue weighted by molar-refractivity contribution is -0.419. The van der Waals surface area contributed by atoms with Crippen LogP contribution in [-0.2, 0) is 14.3 Å². The molecular weight excluding hydrogens is 266 g/mol. The van der Waals surface area contributed by atoms with Crippen LogP contribution in [-0.4, -0.2) is 37.3 Å². The van der Waals surface area contributed by atoms with Gasteiger partial charge < -0.3 is 9.47 Å². The molecular formula is C17H35NO3. The zero-order valence-electron chi connectivity index (χ0n) is 14.4. The van der Waals surface area contributed by atoms with Crippen molar-refractivity contribution in [1.82, 2.24) is 5.06 Å². The molecule has 0 N–H and O–H groups in total. The van der Waals surface area contributed by atoms with Crippen LogP contribution >= 0.6 is 0 Å². The number of hydrogen-bond donors (Lipinski definition) is 0. The molecule has 0 unspecified atom stereocenters. The third-order valence-electron chi connectivity index (χ3n) is 3.88. The molecule has 0 saturated carbocycles. The van der Waals surface area contributed by atoms with Crippen molar-refractivity contribution >= 4 is 0 Å². The third kappa shape index (κ3) is 6.64. The van der Waals surface area contributed by atoms with Gasteiger partial charge in [-0.3, -0.25) is 4.84 Å². The molecule has 21 heavy (non-hydrogen) atoms. The van der Waals surface area contributed by atoms with Gasteiger partial charge in [-0.2, -0.15) is 0 Å². The molecule has 0 radical (unpaired) electrons. The molecule has 0 bridgehead atoms. The molecule has 4 heteroatoms. The Morgan fingerprint density at radius 1 is 0.810 bits per heavy atom. The van der Waals surface area contributed by atoms with Crippen molar-refractivity contribution in [3.05, 3.63) is 0 Å². The first-order valence-electron chi connectivity index (χ1n) is 8.97. The number of hydrogen-bond acceptors (Lipinski definition) is 4. The summed E-state index contributed by atoms with van der Waals surface area (Å²) in [6.45, 7) is 9.71. The molecule has 0 aromatic heterocycles. The fourth-order valence-corrected chi connectivity index (χ4v) is 2.46. The third-order valence-corrected chi connectivity index (χ3v) is 3.88. The maximum atomic E-state index is 6.18. The Morgan fingerprint density at radius 3 is 1.95 bits per heavy atom. The maximum Gasteiger partial charge on any atom is 0.252 e. The van der Waals surface area contributed by atoms with Crippen LogP contribution in [0.3, 0.4) is 0 Å². The highest BCUT2D eigenvalue weighted by molar-refractivity contribution is 4.73. The van der Waals surface area contributed by atoms with Gasteiger partial charge in [0.2, 0.25) is 0 Å². The van der Waals surface area contributed by atoms with Gasteiger partial charge in [0.05, 0.1) is 19.8 Å². The van der Waals surface area contributed by atoms with Gasteiger partial charge in [-0.15, -0.1) is 5.06 Å². The summed E-state index contributed by atoms with van der Waals surface area (Å²) in [5.41, 5.74) is 0. The van der Waals surface area contributed by atoms with Gasteiger partial charge in [0.1, 0.15) is 0 Å². The quantitative estimate of drug-likeness (QED) is 0.392. The summed E-state index contributed by atoms with van der Waals surface area (Å²) in [7, 11) is 0. The van der Waals surface area contributed by atoms with Crippen LogP contribution in [0.5, 0.6) is 0 Å². The molecule has 126 valence electrons. The van der Waals surface area contributed by atoms with E-state index >= 15 is 0 Å². The topological polar surface area (TPSA) is 30.9 Å². The Kier molecular flexibility index (Phi) is 10.3. The van der Waals surface area contributed by atoms with E-state index in [1.54, 1.807) is 0 Å². The zero-order valence-corrected chi connectivity index (χ0v) is 14.4. The number of nitrogens with zero attached hydrogens (tertiary/aromatic N) is 1. The van der Waals surface area contributed by atoms with Crippen molar-refractivity contribution in [2.45, 2.75) is 84.5 Å². The number of rotatable bonds is 12. The molecule has 1 aliphatic rings. The molecule has 0 aromatic rings. The van der Waals surface area contributed by atoms with E-state index in [2.05, 4.69) is 20.8 Å². The van der Waals surface area contributed by atoms with Crippen molar-refractivity contribution in [3.63, 3.8) is 0 Å². The standard InChI is InChI=1S/C17H35NO3/c1-4-7-14-19-17(20-15-8-5-2)12-10-11-13-18(17)21-16-9-6-3/h4-16H2,1-3H3. The minimum atomic E-state index is -0.643. The average molecular weight is 301 g/mol. The highest BCUT2D eigenvalue weighted by atomic mass is 16.8. The van der Waals surface area contributed by atoms with Crippen LogP contribution in [0.25, 0.3) is 0 Å². The smallest absolute Gasteiger partial charge is 0.252 e. The lowest BCUT2D eigenvalue weighted by Crippen LogP contribution is -2.56. The van der Waals surface area contributed by atoms with Gasteiger partial charge in [0.15, 0.2) is 0 Å². The van der Waals surface area contributed by atoms with Crippen LogP contribution in [0.4, 0.5) is 0 Å². The van der Waals surface area contributed by atoms with Crippen LogP contribution in [0.1, 0.15) is 78.6 Å². The van der Waals surface area contributed by atoms with Gasteiger partial charge in [-0.05, 0) is 32.1 Å². The van der Waals surface area contributed by atoms with Crippen molar-refractivity contribution in [2.24, 2.45) is 0 Å². The number of unbranched alkanes of at least 4 members (excludes halogenated alkanes) is 3. The molecule has 0 aromatic carbocycles. The van der Waals surface area contributed by atoms with Gasteiger partial charge in [-0.25, -0.2) is 0 Å². The molecule has 1 fully saturated rings. The highest BCUT2D eigenvalue weighted by Gasteiger charge is 2.42. The predicted molar refractivity (Wildman–Crippen MR) is 85.9 cm³/mol. The predicted octanol–water partition coefficient (Wildman–Crippen LogP) is 4.49. The summed E-state index contributed by atoms with van der Waals surface area (Å²) in [5, 5.41) is 1.98. The lowest BCUT2D eigenvalue weighted by atomic mass is 10.1. The number of piperidine rings is 1. The van der Waals surface area contributed by atoms with E-state index < -0.39 is 5.91 Å². The summed E-state index contributed by atoms with van der Waals surface area (Å²) in [5.74, 6) is -0.643. The molecule has 4 nitrogen and oxygen atoms in total. The minimum absolute atomic E-state index is 0.643. The van der Waals surface area contributed by atoms with Gasteiger partial charge >= 0.3 is 0 Å². The first-order chi connectivity index (χ1) is 10.3. The van der Waals surface area contributed by atoms with E-state index in [0.717, 1.165) is 84.2 Å². The van der Waals surface area contributed by atoms with Crippen molar-refractivity contribution in [2.75, 3.05) is 26.4 Å². The molecule has 0 amide bonds. The zero-order chi connectivity index (χ0) is 15.4. The van der Waals surface area contributed by atoms with E-state index in [1.165, 1.54) is 0 Å². The van der Waals surface area contributed by atoms with Crippen molar-refractivity contribution in [3.8, 4) is 0 Å². The van der Waals surface area contributed by atoms with Crippen LogP contribution in [0, 0.1) is 0 Å². The van der Waals surface area contributed by atoms with E-state index in [1.807, 2.05) is 5.06 Å². The highest BCUT2D eigenvalue weighted by Crippen LogP contribution is 2.32. The SMILES string of the molecule is CCCCON1CCCCC1(OCCCC)OCCCC. The summed E-state index contributed by atoms with van der Waals surface area (Å²) in [6.07, 6.45) is 9.86. The normalized spacial score (nSPS) is 19.0. The van der Waals surface area contributed by atoms with E-state index in [4.69, 9.17) is 14.3 Å². The second-order valence-corrected chi connectivity index (χ2v) is 5.86. The Bertz CT molecular complexity index is 238. The number of hydroxylamine groups is 2. The maximum absolute atomic E-state index is 6.18. The van der Waals surface area contributed by atoms with Crippen LogP contribution < -0.4 is 0 Å². The van der Waals surface area contributed by atoms with E-state index in [-0.39, 0.29) is 0 Å². The summed E-state index contributed by atoms with van der Waals surface area (Å²) < 4.78 is 12.4. The lowest BCUT2D eigenvalue weighted by Gasteiger charge is -2.44. The van der Waals surface area contributed by atoms with Gasteiger partial charge in [0, 0.05) is 13.0 Å². The second-order valence-electron chi connectivity index (χ2n) is 5.86. The second kappa shape index (κ2) is 11.4. The molecule has 1 heterocycles. The number of ether oxygens (including phenoxy) is 2. The molecule has 0 atom stereocenters. The monoisotopic (exact) mass is 301 g/mol. The van der Waals surface area contributed by atoms with Gasteiger partial charge in [0.25, 0.3) is 5.91 Å². The molecule has 1 aliphatic heterocycles. The van der Waals surface area contributed by atoms with Crippen molar-refractivity contribution in [1.29, 1.82) is 0 Å². The minimum Gasteiger partial charge on any atom is -0.336 e. The van der Waals surface area contributed by atoms with Gasteiger partial charge in [-0.1, -0.05) is 40.0 Å². The fraction of sp³-hybridized carbons (Fsp3) is 1.00. The summed E-state index contributed by atoms with van der Waals surface area (Å²) >= 11 is 0. The molecule has 0 spiro atoms. The summed E-state index contributed by atoms with van der Waals surface area (Å²) in [4.78, 5) is 5.98. The Balaban J connectivity index is 2.61. The van der Waals surface area contributed by atoms with E-state index in [9.17, 15) is 0 Å². The van der Waals surface area contributed by atoms with Crippen molar-refractivity contribution < 1.29 is 14.3 Å². The Labute approximate surface area is 131 Å². The first kappa shape index (κ1) is 18.9. The molecule has 1 rings (SSSR count). The molecule has 0 aliphatic carbocycles. The van der Waals surface area contributed by atoms with Crippen LogP contribution in [0.15, 0.2) is 0 Å². The average Bonchev–Trinajstić information content (AvgIpc) is 2.50. The fourth-order valence-electron chi connectivity index (χ4n) is 2.46. The Hall–Kier alpha value is -0.160. The first-order valence-corrected chi connectivity index (χ1v) is 8.97. The summed E-state index contributed by atoms with van der Waals surface area (Å²) in [6, 6.07) is 0. The molecule has 1 saturated heterocycles. The van der Waals surface area contributed by atoms with Crippen LogP contribution in [0.2, 0.25) is 0 Å². The van der Waals surface area contributed by atoms with E-state index in [0.29, 0.717) is 0 Å². The Morgan fingerprint density at radius 2 is 1.38 bits per heavy atom.